The lowest BCUT2D eigenvalue weighted by molar-refractivity contribution is -0.172. The maximum absolute atomic E-state index is 13.1. The lowest BCUT2D eigenvalue weighted by Gasteiger charge is -2.62. The molecule has 0 aromatic heterocycles. The van der Waals surface area contributed by atoms with Gasteiger partial charge in [-0.3, -0.25) is 9.69 Å². The van der Waals surface area contributed by atoms with Crippen LogP contribution in [0.15, 0.2) is 23.5 Å². The summed E-state index contributed by atoms with van der Waals surface area (Å²) in [6.45, 7) is 4.36. The van der Waals surface area contributed by atoms with Gasteiger partial charge in [0.2, 0.25) is 0 Å². The van der Waals surface area contributed by atoms with Crippen LogP contribution in [0.5, 0.6) is 11.5 Å². The number of rotatable bonds is 6. The van der Waals surface area contributed by atoms with Gasteiger partial charge in [0.25, 0.3) is 5.91 Å². The number of nitrogens with zero attached hydrogens (tertiary/aromatic N) is 1. The van der Waals surface area contributed by atoms with E-state index in [4.69, 9.17) is 4.74 Å². The van der Waals surface area contributed by atoms with Crippen LogP contribution in [0, 0.1) is 5.92 Å². The molecule has 7 heteroatoms. The van der Waals surface area contributed by atoms with Crippen molar-refractivity contribution in [2.24, 2.45) is 5.92 Å². The smallest absolute Gasteiger partial charge is 0.250 e. The number of unbranched alkanes of at least 4 members (excludes halogenated alkanes) is 1. The monoisotopic (exact) mass is 440 g/mol. The van der Waals surface area contributed by atoms with Gasteiger partial charge < -0.3 is 25.4 Å². The number of amides is 1. The quantitative estimate of drug-likeness (QED) is 0.507. The Balaban J connectivity index is 1.48. The lowest BCUT2D eigenvalue weighted by atomic mass is 9.49. The van der Waals surface area contributed by atoms with Gasteiger partial charge in [-0.25, -0.2) is 0 Å². The number of piperidine rings is 1. The highest BCUT2D eigenvalue weighted by molar-refractivity contribution is 5.95. The summed E-state index contributed by atoms with van der Waals surface area (Å²) in [7, 11) is 0. The fourth-order valence-corrected chi connectivity index (χ4v) is 6.85. The molecule has 2 fully saturated rings. The van der Waals surface area contributed by atoms with Crippen molar-refractivity contribution in [3.63, 3.8) is 0 Å². The fourth-order valence-electron chi connectivity index (χ4n) is 6.85. The van der Waals surface area contributed by atoms with Gasteiger partial charge in [-0.1, -0.05) is 19.4 Å². The number of likely N-dealkylation sites (tertiary alicyclic amines) is 1. The third kappa shape index (κ3) is 2.52. The highest BCUT2D eigenvalue weighted by Gasteiger charge is 2.73. The Kier molecular flexibility index (Phi) is 4.37. The lowest BCUT2D eigenvalue weighted by Crippen LogP contribution is -2.75. The molecular weight excluding hydrogens is 408 g/mol. The van der Waals surface area contributed by atoms with Crippen LogP contribution in [0.4, 0.5) is 0 Å². The normalized spacial score (nSPS) is 34.8. The van der Waals surface area contributed by atoms with Crippen molar-refractivity contribution in [3.8, 4) is 11.5 Å². The number of benzene rings is 1. The Bertz CT molecular complexity index is 1020. The number of aliphatic hydroxyl groups is 2. The number of hydrogen-bond donors (Lipinski definition) is 4. The summed E-state index contributed by atoms with van der Waals surface area (Å²) in [6, 6.07) is 3.42. The first kappa shape index (κ1) is 20.4. The summed E-state index contributed by atoms with van der Waals surface area (Å²) < 4.78 is 6.21. The zero-order valence-electron chi connectivity index (χ0n) is 18.6. The van der Waals surface area contributed by atoms with Crippen LogP contribution in [-0.4, -0.2) is 63.5 Å². The minimum absolute atomic E-state index is 0.0236. The SMILES string of the molecule is CCCCNC(=O)C1=C(O)[C@@H]2Oc3c(O)ccc4c3[C@@]23CCN(CC2CC2)[C@H](C4)[C@]3(O)C1. The standard InChI is InChI=1S/C25H32N2O5/c1-2-3-9-26-23(30)16-12-25(31)18-11-15-6-7-17(28)21-19(15)24(25,22(32-21)20(16)29)8-10-27(18)13-14-4-5-14/h6-7,14,18,22,28-29,31H,2-5,8-13H2,1H3,(H,26,30)/t18-,22+,24+,25-/m1/s1. The molecule has 3 aliphatic carbocycles. The summed E-state index contributed by atoms with van der Waals surface area (Å²) >= 11 is 0. The molecule has 6 rings (SSSR count). The molecule has 32 heavy (non-hydrogen) atoms. The van der Waals surface area contributed by atoms with E-state index in [2.05, 4.69) is 17.1 Å². The molecule has 1 saturated heterocycles. The molecule has 2 aliphatic heterocycles. The number of carbonyl (C=O) groups excluding carboxylic acids is 1. The van der Waals surface area contributed by atoms with E-state index in [0.29, 0.717) is 31.1 Å². The molecular formula is C25H32N2O5. The molecule has 2 bridgehead atoms. The van der Waals surface area contributed by atoms with Crippen LogP contribution < -0.4 is 10.1 Å². The van der Waals surface area contributed by atoms with Gasteiger partial charge in [0.1, 0.15) is 5.76 Å². The van der Waals surface area contributed by atoms with Crippen LogP contribution in [-0.2, 0) is 16.6 Å². The average Bonchev–Trinajstić information content (AvgIpc) is 3.51. The van der Waals surface area contributed by atoms with E-state index in [1.54, 1.807) is 6.07 Å². The Morgan fingerprint density at radius 3 is 2.88 bits per heavy atom. The Morgan fingerprint density at radius 2 is 2.12 bits per heavy atom. The number of aliphatic hydroxyl groups excluding tert-OH is 1. The molecule has 2 heterocycles. The second kappa shape index (κ2) is 6.87. The van der Waals surface area contributed by atoms with Crippen LogP contribution in [0.2, 0.25) is 0 Å². The molecule has 4 N–H and O–H groups in total. The van der Waals surface area contributed by atoms with Gasteiger partial charge in [0.05, 0.1) is 16.6 Å². The minimum Gasteiger partial charge on any atom is -0.508 e. The summed E-state index contributed by atoms with van der Waals surface area (Å²) in [4.78, 5) is 15.5. The molecule has 4 atom stereocenters. The van der Waals surface area contributed by atoms with Gasteiger partial charge in [-0.05, 0) is 56.2 Å². The highest BCUT2D eigenvalue weighted by Crippen LogP contribution is 2.66. The zero-order chi connectivity index (χ0) is 22.3. The van der Waals surface area contributed by atoms with Crippen LogP contribution in [0.3, 0.4) is 0 Å². The minimum atomic E-state index is -1.25. The number of phenols is 1. The van der Waals surface area contributed by atoms with Crippen molar-refractivity contribution in [2.45, 2.75) is 75.0 Å². The van der Waals surface area contributed by atoms with Crippen molar-refractivity contribution in [1.29, 1.82) is 0 Å². The van der Waals surface area contributed by atoms with Gasteiger partial charge in [0, 0.05) is 31.1 Å². The molecule has 1 spiro atoms. The molecule has 1 saturated carbocycles. The maximum Gasteiger partial charge on any atom is 0.250 e. The summed E-state index contributed by atoms with van der Waals surface area (Å²) in [5.41, 5.74) is 0.0265. The first-order chi connectivity index (χ1) is 15.4. The predicted molar refractivity (Wildman–Crippen MR) is 118 cm³/mol. The van der Waals surface area contributed by atoms with Crippen molar-refractivity contribution >= 4 is 5.91 Å². The first-order valence-corrected chi connectivity index (χ1v) is 12.1. The van der Waals surface area contributed by atoms with Gasteiger partial charge in [0.15, 0.2) is 17.6 Å². The van der Waals surface area contributed by atoms with Crippen LogP contribution in [0.25, 0.3) is 0 Å². The molecule has 172 valence electrons. The van der Waals surface area contributed by atoms with Crippen LogP contribution in [0.1, 0.15) is 56.6 Å². The van der Waals surface area contributed by atoms with Gasteiger partial charge >= 0.3 is 0 Å². The van der Waals surface area contributed by atoms with E-state index in [-0.39, 0.29) is 35.5 Å². The van der Waals surface area contributed by atoms with E-state index in [1.807, 2.05) is 6.07 Å². The Morgan fingerprint density at radius 1 is 1.31 bits per heavy atom. The molecule has 1 aromatic rings. The number of ether oxygens (including phenoxy) is 1. The zero-order valence-corrected chi connectivity index (χ0v) is 18.6. The van der Waals surface area contributed by atoms with Gasteiger partial charge in [-0.2, -0.15) is 0 Å². The van der Waals surface area contributed by atoms with E-state index < -0.39 is 17.1 Å². The summed E-state index contributed by atoms with van der Waals surface area (Å²) in [5, 5.41) is 37.3. The van der Waals surface area contributed by atoms with Crippen molar-refractivity contribution in [1.82, 2.24) is 10.2 Å². The Labute approximate surface area is 188 Å². The van der Waals surface area contributed by atoms with Crippen molar-refractivity contribution < 1.29 is 24.9 Å². The number of carbonyl (C=O) groups is 1. The molecule has 0 unspecified atom stereocenters. The van der Waals surface area contributed by atoms with Crippen LogP contribution >= 0.6 is 0 Å². The Hall–Kier alpha value is -2.25. The number of aromatic hydroxyl groups is 1. The van der Waals surface area contributed by atoms with Gasteiger partial charge in [-0.15, -0.1) is 0 Å². The molecule has 1 amide bonds. The highest BCUT2D eigenvalue weighted by atomic mass is 16.5. The van der Waals surface area contributed by atoms with E-state index in [0.717, 1.165) is 37.1 Å². The maximum atomic E-state index is 13.1. The van der Waals surface area contributed by atoms with E-state index >= 15 is 0 Å². The third-order valence-electron chi connectivity index (χ3n) is 8.61. The summed E-state index contributed by atoms with van der Waals surface area (Å²) in [5.74, 6) is 0.640. The number of phenolic OH excluding ortho intramolecular Hbond substituents is 1. The second-order valence-electron chi connectivity index (χ2n) is 10.4. The fraction of sp³-hybridized carbons (Fsp3) is 0.640. The van der Waals surface area contributed by atoms with Crippen molar-refractivity contribution in [2.75, 3.05) is 19.6 Å². The largest absolute Gasteiger partial charge is 0.508 e. The third-order valence-corrected chi connectivity index (χ3v) is 8.61. The van der Waals surface area contributed by atoms with E-state index in [1.165, 1.54) is 12.8 Å². The molecule has 0 radical (unpaired) electrons. The molecule has 5 aliphatic rings. The predicted octanol–water partition coefficient (Wildman–Crippen LogP) is 2.29. The average molecular weight is 441 g/mol. The van der Waals surface area contributed by atoms with E-state index in [9.17, 15) is 20.1 Å². The number of hydrogen-bond acceptors (Lipinski definition) is 6. The number of nitrogens with one attached hydrogen (secondary N) is 1. The molecule has 1 aromatic carbocycles. The first-order valence-electron chi connectivity index (χ1n) is 12.1. The molecule has 7 nitrogen and oxygen atoms in total. The summed E-state index contributed by atoms with van der Waals surface area (Å²) in [6.07, 6.45) is 4.79. The topological polar surface area (TPSA) is 102 Å². The van der Waals surface area contributed by atoms with Crippen molar-refractivity contribution in [3.05, 3.63) is 34.6 Å². The second-order valence-corrected chi connectivity index (χ2v) is 10.4.